The number of carbonyl (C=O) groups is 2. The molecule has 0 aromatic heterocycles. The number of fused-ring (bicyclic) bond motifs is 1. The van der Waals surface area contributed by atoms with E-state index in [9.17, 15) is 9.59 Å². The fourth-order valence-electron chi connectivity index (χ4n) is 1.89. The summed E-state index contributed by atoms with van der Waals surface area (Å²) in [5.41, 5.74) is 0.571. The Morgan fingerprint density at radius 2 is 2.11 bits per heavy atom. The maximum absolute atomic E-state index is 12.1. The highest BCUT2D eigenvalue weighted by Crippen LogP contribution is 2.24. The average Bonchev–Trinajstić information content (AvgIpc) is 2.37. The molecule has 0 saturated carbocycles. The minimum absolute atomic E-state index is 0.0489. The van der Waals surface area contributed by atoms with E-state index in [-0.39, 0.29) is 19.1 Å². The van der Waals surface area contributed by atoms with Crippen molar-refractivity contribution in [1.29, 1.82) is 0 Å². The number of ether oxygens (including phenoxy) is 1. The molecule has 0 atom stereocenters. The zero-order valence-corrected chi connectivity index (χ0v) is 9.96. The third-order valence-electron chi connectivity index (χ3n) is 2.85. The van der Waals surface area contributed by atoms with Crippen LogP contribution in [0, 0.1) is 0 Å². The number of hydrogen-bond donors (Lipinski definition) is 1. The van der Waals surface area contributed by atoms with Crippen molar-refractivity contribution in [3.05, 3.63) is 29.8 Å². The first kappa shape index (κ1) is 12.4. The lowest BCUT2D eigenvalue weighted by Gasteiger charge is -2.28. The molecule has 5 heteroatoms. The molecule has 1 aliphatic rings. The lowest BCUT2D eigenvalue weighted by atomic mass is 10.1. The molecule has 1 heterocycles. The van der Waals surface area contributed by atoms with Gasteiger partial charge < -0.3 is 14.7 Å². The Hall–Kier alpha value is -2.04. The van der Waals surface area contributed by atoms with Gasteiger partial charge in [0, 0.05) is 13.0 Å². The van der Waals surface area contributed by atoms with Gasteiger partial charge in [0.2, 0.25) is 0 Å². The highest BCUT2D eigenvalue weighted by atomic mass is 16.5. The minimum atomic E-state index is -0.804. The van der Waals surface area contributed by atoms with Crippen LogP contribution in [0.2, 0.25) is 0 Å². The first-order valence-electron chi connectivity index (χ1n) is 5.91. The van der Waals surface area contributed by atoms with E-state index in [0.29, 0.717) is 30.7 Å². The van der Waals surface area contributed by atoms with Crippen LogP contribution in [0.4, 0.5) is 0 Å². The summed E-state index contributed by atoms with van der Waals surface area (Å²) in [6, 6.07) is 7.14. The zero-order chi connectivity index (χ0) is 13.0. The largest absolute Gasteiger partial charge is 0.481 e. The number of para-hydroxylation sites is 1. The highest BCUT2D eigenvalue weighted by Gasteiger charge is 2.24. The second kappa shape index (κ2) is 5.53. The Morgan fingerprint density at radius 3 is 2.89 bits per heavy atom. The number of carboxylic acids is 1. The Kier molecular flexibility index (Phi) is 3.82. The molecule has 96 valence electrons. The van der Waals surface area contributed by atoms with Gasteiger partial charge in [-0.2, -0.15) is 0 Å². The van der Waals surface area contributed by atoms with Gasteiger partial charge in [-0.3, -0.25) is 9.59 Å². The predicted molar refractivity (Wildman–Crippen MR) is 64.5 cm³/mol. The number of amides is 1. The van der Waals surface area contributed by atoms with Gasteiger partial charge in [0.1, 0.15) is 5.75 Å². The molecule has 1 aromatic carbocycles. The van der Waals surface area contributed by atoms with E-state index < -0.39 is 5.97 Å². The van der Waals surface area contributed by atoms with Gasteiger partial charge in [-0.25, -0.2) is 0 Å². The second-order valence-corrected chi connectivity index (χ2v) is 4.19. The van der Waals surface area contributed by atoms with Crippen molar-refractivity contribution in [2.45, 2.75) is 19.3 Å². The van der Waals surface area contributed by atoms with Crippen LogP contribution >= 0.6 is 0 Å². The monoisotopic (exact) mass is 249 g/mol. The summed E-state index contributed by atoms with van der Waals surface area (Å²) < 4.78 is 5.47. The summed E-state index contributed by atoms with van der Waals surface area (Å²) in [6.07, 6.45) is 1.38. The molecule has 0 aliphatic carbocycles. The number of unbranched alkanes of at least 4 members (excludes halogenated alkanes) is 1. The van der Waals surface area contributed by atoms with Crippen molar-refractivity contribution in [3.63, 3.8) is 0 Å². The smallest absolute Gasteiger partial charge is 0.303 e. The van der Waals surface area contributed by atoms with Crippen molar-refractivity contribution in [2.24, 2.45) is 0 Å². The van der Waals surface area contributed by atoms with E-state index in [2.05, 4.69) is 0 Å². The van der Waals surface area contributed by atoms with Gasteiger partial charge >= 0.3 is 5.97 Å². The molecule has 0 radical (unpaired) electrons. The fraction of sp³-hybridized carbons (Fsp3) is 0.385. The van der Waals surface area contributed by atoms with Crippen molar-refractivity contribution in [1.82, 2.24) is 4.90 Å². The van der Waals surface area contributed by atoms with Crippen LogP contribution in [0.3, 0.4) is 0 Å². The van der Waals surface area contributed by atoms with E-state index in [1.54, 1.807) is 23.1 Å². The van der Waals surface area contributed by atoms with Gasteiger partial charge in [-0.1, -0.05) is 12.1 Å². The van der Waals surface area contributed by atoms with Crippen LogP contribution < -0.4 is 4.74 Å². The number of rotatable bonds is 5. The molecular weight excluding hydrogens is 234 g/mol. The van der Waals surface area contributed by atoms with Crippen molar-refractivity contribution in [3.8, 4) is 5.75 Å². The van der Waals surface area contributed by atoms with Crippen molar-refractivity contribution >= 4 is 11.9 Å². The van der Waals surface area contributed by atoms with Crippen molar-refractivity contribution in [2.75, 3.05) is 13.3 Å². The number of aliphatic carboxylic acids is 1. The lowest BCUT2D eigenvalue weighted by Crippen LogP contribution is -2.39. The summed E-state index contributed by atoms with van der Waals surface area (Å²) in [4.78, 5) is 24.0. The quantitative estimate of drug-likeness (QED) is 0.807. The van der Waals surface area contributed by atoms with Crippen LogP contribution in [0.25, 0.3) is 0 Å². The van der Waals surface area contributed by atoms with Gasteiger partial charge in [0.05, 0.1) is 5.56 Å². The molecule has 1 amide bonds. The normalized spacial score (nSPS) is 14.0. The number of benzene rings is 1. The summed E-state index contributed by atoms with van der Waals surface area (Å²) in [5.74, 6) is -0.238. The Bertz CT molecular complexity index is 458. The number of carboxylic acid groups (broad SMARTS) is 1. The third-order valence-corrected chi connectivity index (χ3v) is 2.85. The summed E-state index contributed by atoms with van der Waals surface area (Å²) in [7, 11) is 0. The first-order chi connectivity index (χ1) is 8.68. The Balaban J connectivity index is 1.89. The molecule has 1 aromatic rings. The second-order valence-electron chi connectivity index (χ2n) is 4.19. The van der Waals surface area contributed by atoms with E-state index >= 15 is 0 Å². The van der Waals surface area contributed by atoms with Gasteiger partial charge in [-0.05, 0) is 25.0 Å². The SMILES string of the molecule is O=C(O)CCCCN1COc2ccccc2C1=O. The Morgan fingerprint density at radius 1 is 1.33 bits per heavy atom. The molecule has 1 N–H and O–H groups in total. The van der Waals surface area contributed by atoms with E-state index in [1.807, 2.05) is 6.07 Å². The molecular formula is C13H15NO4. The fourth-order valence-corrected chi connectivity index (χ4v) is 1.89. The molecule has 18 heavy (non-hydrogen) atoms. The zero-order valence-electron chi connectivity index (χ0n) is 9.96. The molecule has 1 aliphatic heterocycles. The van der Waals surface area contributed by atoms with Crippen molar-refractivity contribution < 1.29 is 19.4 Å². The van der Waals surface area contributed by atoms with Gasteiger partial charge in [0.25, 0.3) is 5.91 Å². The lowest BCUT2D eigenvalue weighted by molar-refractivity contribution is -0.137. The maximum atomic E-state index is 12.1. The maximum Gasteiger partial charge on any atom is 0.303 e. The van der Waals surface area contributed by atoms with E-state index in [0.717, 1.165) is 0 Å². The Labute approximate surface area is 105 Å². The molecule has 0 spiro atoms. The molecule has 5 nitrogen and oxygen atoms in total. The highest BCUT2D eigenvalue weighted by molar-refractivity contribution is 5.97. The van der Waals surface area contributed by atoms with Crippen LogP contribution in [0.5, 0.6) is 5.75 Å². The van der Waals surface area contributed by atoms with Crippen LogP contribution in [-0.4, -0.2) is 35.2 Å². The molecule has 0 fully saturated rings. The molecule has 0 bridgehead atoms. The summed E-state index contributed by atoms with van der Waals surface area (Å²) in [5, 5.41) is 8.53. The average molecular weight is 249 g/mol. The number of nitrogens with zero attached hydrogens (tertiary/aromatic N) is 1. The molecule has 0 saturated heterocycles. The minimum Gasteiger partial charge on any atom is -0.481 e. The first-order valence-corrected chi connectivity index (χ1v) is 5.91. The predicted octanol–water partition coefficient (Wildman–Crippen LogP) is 1.73. The van der Waals surface area contributed by atoms with Crippen LogP contribution in [0.15, 0.2) is 24.3 Å². The topological polar surface area (TPSA) is 66.8 Å². The summed E-state index contributed by atoms with van der Waals surface area (Å²) in [6.45, 7) is 0.767. The van der Waals surface area contributed by atoms with Crippen LogP contribution in [-0.2, 0) is 4.79 Å². The molecule has 0 unspecified atom stereocenters. The van der Waals surface area contributed by atoms with Crippen LogP contribution in [0.1, 0.15) is 29.6 Å². The summed E-state index contributed by atoms with van der Waals surface area (Å²) >= 11 is 0. The van der Waals surface area contributed by atoms with E-state index in [4.69, 9.17) is 9.84 Å². The van der Waals surface area contributed by atoms with Gasteiger partial charge in [-0.15, -0.1) is 0 Å². The standard InChI is InChI=1S/C13H15NO4/c15-12(16)7-3-4-8-14-9-18-11-6-2-1-5-10(11)13(14)17/h1-2,5-6H,3-4,7-9H2,(H,15,16). The number of carbonyl (C=O) groups excluding carboxylic acids is 1. The third kappa shape index (κ3) is 2.80. The number of hydrogen-bond acceptors (Lipinski definition) is 3. The van der Waals surface area contributed by atoms with E-state index in [1.165, 1.54) is 0 Å². The molecule has 2 rings (SSSR count). The van der Waals surface area contributed by atoms with Gasteiger partial charge in [0.15, 0.2) is 6.73 Å².